The van der Waals surface area contributed by atoms with E-state index in [2.05, 4.69) is 28.2 Å². The van der Waals surface area contributed by atoms with E-state index in [9.17, 15) is 9.18 Å². The van der Waals surface area contributed by atoms with Gasteiger partial charge in [0.25, 0.3) is 0 Å². The van der Waals surface area contributed by atoms with E-state index in [4.69, 9.17) is 15.2 Å². The summed E-state index contributed by atoms with van der Waals surface area (Å²) in [6.45, 7) is 5.27. The first-order chi connectivity index (χ1) is 16.7. The fourth-order valence-corrected chi connectivity index (χ4v) is 3.90. The van der Waals surface area contributed by atoms with Crippen LogP contribution in [0.2, 0.25) is 0 Å². The number of hydrogen-bond donors (Lipinski definition) is 2. The van der Waals surface area contributed by atoms with Crippen molar-refractivity contribution in [1.29, 1.82) is 0 Å². The first kappa shape index (κ1) is 28.2. The van der Waals surface area contributed by atoms with Crippen molar-refractivity contribution < 1.29 is 18.7 Å². The number of halogens is 2. The molecule has 3 N–H and O–H groups in total. The molecule has 8 heteroatoms. The summed E-state index contributed by atoms with van der Waals surface area (Å²) in [5.74, 6) is -0.0458. The van der Waals surface area contributed by atoms with E-state index in [0.717, 1.165) is 29.5 Å². The van der Waals surface area contributed by atoms with Crippen LogP contribution in [-0.2, 0) is 9.47 Å². The lowest BCUT2D eigenvalue weighted by molar-refractivity contribution is 0.0600. The lowest BCUT2D eigenvalue weighted by Crippen LogP contribution is -2.18. The summed E-state index contributed by atoms with van der Waals surface area (Å²) in [6, 6.07) is 9.92. The zero-order valence-corrected chi connectivity index (χ0v) is 22.6. The quantitative estimate of drug-likeness (QED) is 0.107. The van der Waals surface area contributed by atoms with Gasteiger partial charge >= 0.3 is 5.97 Å². The number of hydrogen-bond acceptors (Lipinski definition) is 6. The van der Waals surface area contributed by atoms with E-state index in [1.165, 1.54) is 25.3 Å². The second kappa shape index (κ2) is 13.8. The Morgan fingerprint density at radius 1 is 1.26 bits per heavy atom. The number of nitrogens with zero attached hydrogens (tertiary/aromatic N) is 1. The number of allylic oxidation sites excluding steroid dienone is 3. The smallest absolute Gasteiger partial charge is 0.337 e. The van der Waals surface area contributed by atoms with Crippen LogP contribution in [0.3, 0.4) is 0 Å². The fraction of sp³-hybridized carbons (Fsp3) is 0.370. The van der Waals surface area contributed by atoms with E-state index < -0.39 is 11.8 Å². The molecule has 190 valence electrons. The maximum Gasteiger partial charge on any atom is 0.337 e. The van der Waals surface area contributed by atoms with Crippen molar-refractivity contribution in [2.75, 3.05) is 45.4 Å². The van der Waals surface area contributed by atoms with Crippen molar-refractivity contribution >= 4 is 38.8 Å². The number of nitrogens with one attached hydrogen (secondary N) is 1. The van der Waals surface area contributed by atoms with E-state index in [-0.39, 0.29) is 11.1 Å². The van der Waals surface area contributed by atoms with Gasteiger partial charge in [0.2, 0.25) is 0 Å². The predicted molar refractivity (Wildman–Crippen MR) is 145 cm³/mol. The van der Waals surface area contributed by atoms with E-state index in [1.54, 1.807) is 11.0 Å². The van der Waals surface area contributed by atoms with Crippen LogP contribution in [0.15, 0.2) is 58.9 Å². The largest absolute Gasteiger partial charge is 0.479 e. The van der Waals surface area contributed by atoms with E-state index in [0.29, 0.717) is 29.7 Å². The molecule has 0 saturated heterocycles. The van der Waals surface area contributed by atoms with Crippen LogP contribution in [0.1, 0.15) is 42.6 Å². The first-order valence-corrected chi connectivity index (χ1v) is 12.3. The number of anilines is 2. The minimum absolute atomic E-state index is 0.274. The van der Waals surface area contributed by atoms with Gasteiger partial charge in [-0.3, -0.25) is 0 Å². The molecule has 0 aliphatic carbocycles. The molecule has 0 aliphatic rings. The molecule has 2 aromatic rings. The van der Waals surface area contributed by atoms with Gasteiger partial charge in [-0.1, -0.05) is 35.0 Å². The molecule has 0 spiro atoms. The molecule has 0 heterocycles. The minimum atomic E-state index is -0.523. The maximum absolute atomic E-state index is 14.8. The van der Waals surface area contributed by atoms with Crippen LogP contribution in [-0.4, -0.2) is 45.2 Å². The average molecular weight is 548 g/mol. The zero-order chi connectivity index (χ0) is 26.0. The molecule has 6 nitrogen and oxygen atoms in total. The van der Waals surface area contributed by atoms with Crippen LogP contribution in [0.25, 0.3) is 5.57 Å². The van der Waals surface area contributed by atoms with Gasteiger partial charge in [0.1, 0.15) is 5.82 Å². The highest BCUT2D eigenvalue weighted by molar-refractivity contribution is 9.10. The average Bonchev–Trinajstić information content (AvgIpc) is 2.83. The van der Waals surface area contributed by atoms with Crippen LogP contribution < -0.4 is 11.1 Å². The Labute approximate surface area is 216 Å². The molecule has 35 heavy (non-hydrogen) atoms. The molecule has 0 aliphatic heterocycles. The van der Waals surface area contributed by atoms with Crippen LogP contribution in [0.4, 0.5) is 15.8 Å². The van der Waals surface area contributed by atoms with Crippen LogP contribution >= 0.6 is 15.9 Å². The highest BCUT2D eigenvalue weighted by atomic mass is 79.9. The van der Waals surface area contributed by atoms with Gasteiger partial charge < -0.3 is 25.4 Å². The first-order valence-electron chi connectivity index (χ1n) is 11.5. The molecule has 0 amide bonds. The number of nitrogens with two attached hydrogens (primary N) is 1. The molecule has 1 atom stereocenters. The third-order valence-electron chi connectivity index (χ3n) is 5.38. The summed E-state index contributed by atoms with van der Waals surface area (Å²) >= 11 is 3.47. The fourth-order valence-electron chi connectivity index (χ4n) is 3.54. The molecular weight excluding hydrogens is 513 g/mol. The minimum Gasteiger partial charge on any atom is -0.479 e. The van der Waals surface area contributed by atoms with Crippen LogP contribution in [0, 0.1) is 11.7 Å². The lowest BCUT2D eigenvalue weighted by atomic mass is 10.0. The van der Waals surface area contributed by atoms with Gasteiger partial charge in [0.05, 0.1) is 30.7 Å². The number of nitrogen functional groups attached to an aromatic ring is 1. The summed E-state index contributed by atoms with van der Waals surface area (Å²) < 4.78 is 26.7. The molecule has 0 radical (unpaired) electrons. The highest BCUT2D eigenvalue weighted by Gasteiger charge is 2.18. The van der Waals surface area contributed by atoms with Crippen molar-refractivity contribution in [1.82, 2.24) is 4.90 Å². The van der Waals surface area contributed by atoms with Gasteiger partial charge in [0.15, 0.2) is 5.88 Å². The highest BCUT2D eigenvalue weighted by Crippen LogP contribution is 2.27. The van der Waals surface area contributed by atoms with E-state index in [1.807, 2.05) is 45.3 Å². The number of ether oxygens (including phenoxy) is 2. The molecule has 0 aromatic heterocycles. The van der Waals surface area contributed by atoms with Gasteiger partial charge in [-0.2, -0.15) is 0 Å². The van der Waals surface area contributed by atoms with Gasteiger partial charge in [0, 0.05) is 36.2 Å². The normalized spacial score (nSPS) is 12.8. The Morgan fingerprint density at radius 2 is 2.00 bits per heavy atom. The molecule has 2 aromatic carbocycles. The lowest BCUT2D eigenvalue weighted by Gasteiger charge is -2.22. The third-order valence-corrected chi connectivity index (χ3v) is 5.88. The van der Waals surface area contributed by atoms with Crippen molar-refractivity contribution in [3.63, 3.8) is 0 Å². The standard InChI is InChI=1S/C27H35BrFN3O3/c1-6-8-21(22-15-19(27(33)34-5)10-12-23(22)29)26(32(3)4)35-14-7-9-18(2)17-31-25-16-20(28)11-13-24(25)30/h6,8,10-13,15-16,18,31H,7,9,14,17,30H2,1-5H3/b8-6-,26-21-. The molecular formula is C27H35BrFN3O3. The molecule has 2 rings (SSSR count). The summed E-state index contributed by atoms with van der Waals surface area (Å²) in [7, 11) is 4.98. The topological polar surface area (TPSA) is 76.8 Å². The number of carbonyl (C=O) groups excluding carboxylic acids is 1. The molecule has 0 bridgehead atoms. The summed E-state index contributed by atoms with van der Waals surface area (Å²) in [5, 5.41) is 3.40. The number of rotatable bonds is 12. The van der Waals surface area contributed by atoms with Crippen molar-refractivity contribution in [2.45, 2.75) is 26.7 Å². The SMILES string of the molecule is C/C=C\C(=C(\OCCCC(C)CNc1cc(Br)ccc1N)N(C)C)c1cc(C(=O)OC)ccc1F. The second-order valence-electron chi connectivity index (χ2n) is 8.51. The Kier molecular flexibility index (Phi) is 11.1. The number of methoxy groups -OCH3 is 1. The Hall–Kier alpha value is -3.00. The summed E-state index contributed by atoms with van der Waals surface area (Å²) in [5.41, 5.74) is 8.76. The molecule has 0 saturated carbocycles. The van der Waals surface area contributed by atoms with Gasteiger partial charge in [-0.25, -0.2) is 9.18 Å². The Balaban J connectivity index is 2.08. The Bertz CT molecular complexity index is 1070. The van der Waals surface area contributed by atoms with Crippen molar-refractivity contribution in [3.8, 4) is 0 Å². The third kappa shape index (κ3) is 8.31. The summed E-state index contributed by atoms with van der Waals surface area (Å²) in [6.07, 6.45) is 5.35. The maximum atomic E-state index is 14.8. The number of carbonyl (C=O) groups is 1. The molecule has 1 unspecified atom stereocenters. The second-order valence-corrected chi connectivity index (χ2v) is 9.42. The Morgan fingerprint density at radius 3 is 2.66 bits per heavy atom. The zero-order valence-electron chi connectivity index (χ0n) is 21.0. The van der Waals surface area contributed by atoms with Gasteiger partial charge in [-0.15, -0.1) is 0 Å². The van der Waals surface area contributed by atoms with E-state index >= 15 is 0 Å². The molecule has 0 fully saturated rings. The van der Waals surface area contributed by atoms with Crippen LogP contribution in [0.5, 0.6) is 0 Å². The number of esters is 1. The van der Waals surface area contributed by atoms with Crippen molar-refractivity contribution in [3.05, 3.63) is 75.9 Å². The summed E-state index contributed by atoms with van der Waals surface area (Å²) in [4.78, 5) is 13.8. The monoisotopic (exact) mass is 547 g/mol. The number of benzene rings is 2. The van der Waals surface area contributed by atoms with Crippen molar-refractivity contribution in [2.24, 2.45) is 5.92 Å². The predicted octanol–water partition coefficient (Wildman–Crippen LogP) is 6.31. The van der Waals surface area contributed by atoms with Gasteiger partial charge in [-0.05, 0) is 62.1 Å².